The van der Waals surface area contributed by atoms with Crippen LogP contribution in [0.3, 0.4) is 0 Å². The molecule has 0 saturated carbocycles. The Bertz CT molecular complexity index is 1150. The van der Waals surface area contributed by atoms with Gasteiger partial charge >= 0.3 is 12.1 Å². The number of hydrogen-bond acceptors (Lipinski definition) is 7. The highest BCUT2D eigenvalue weighted by atomic mass is 28.4. The Hall–Kier alpha value is -3.44. The molecule has 3 heterocycles. The number of anilines is 1. The molecule has 0 aromatic heterocycles. The SMILES string of the molecule is C=CCOC(=O)N1C(=O)COc2ccc(C3=C(C(=O)O)N4C(=O)[C@H]([C@@H](C)O[Si](C)(C)C)[C@H]4C3)cc21. The third-order valence-corrected chi connectivity index (χ3v) is 7.19. The van der Waals surface area contributed by atoms with E-state index in [2.05, 4.69) is 6.58 Å². The van der Waals surface area contributed by atoms with Crippen LogP contribution in [0.2, 0.25) is 19.6 Å². The van der Waals surface area contributed by atoms with Gasteiger partial charge in [0.15, 0.2) is 14.9 Å². The molecule has 10 nitrogen and oxygen atoms in total. The number of rotatable bonds is 7. The van der Waals surface area contributed by atoms with Gasteiger partial charge in [0.1, 0.15) is 18.1 Å². The summed E-state index contributed by atoms with van der Waals surface area (Å²) in [5.74, 6) is -2.27. The Morgan fingerprint density at radius 2 is 2.03 bits per heavy atom. The first-order valence-electron chi connectivity index (χ1n) is 11.3. The predicted molar refractivity (Wildman–Crippen MR) is 128 cm³/mol. The molecule has 1 N–H and O–H groups in total. The van der Waals surface area contributed by atoms with Gasteiger partial charge in [0.05, 0.1) is 23.8 Å². The number of fused-ring (bicyclic) bond motifs is 2. The van der Waals surface area contributed by atoms with E-state index in [9.17, 15) is 24.3 Å². The number of aliphatic carboxylic acids is 1. The van der Waals surface area contributed by atoms with Crippen molar-refractivity contribution in [1.82, 2.24) is 4.90 Å². The first kappa shape index (κ1) is 24.7. The van der Waals surface area contributed by atoms with E-state index in [1.165, 1.54) is 17.0 Å². The fourth-order valence-electron chi connectivity index (χ4n) is 4.88. The molecular weight excluding hydrogens is 472 g/mol. The first-order chi connectivity index (χ1) is 16.4. The zero-order valence-electron chi connectivity index (χ0n) is 20.1. The second-order valence-electron chi connectivity index (χ2n) is 9.64. The smallest absolute Gasteiger partial charge is 0.421 e. The minimum Gasteiger partial charge on any atom is -0.482 e. The van der Waals surface area contributed by atoms with Crippen molar-refractivity contribution < 1.29 is 38.2 Å². The molecule has 1 aromatic carbocycles. The molecular formula is C24H28N2O8Si. The van der Waals surface area contributed by atoms with Crippen molar-refractivity contribution >= 4 is 43.5 Å². The van der Waals surface area contributed by atoms with Gasteiger partial charge in [-0.05, 0) is 56.3 Å². The average molecular weight is 501 g/mol. The molecule has 1 aromatic rings. The molecule has 3 aliphatic heterocycles. The lowest BCUT2D eigenvalue weighted by Crippen LogP contribution is -2.63. The van der Waals surface area contributed by atoms with Crippen molar-refractivity contribution in [3.8, 4) is 5.75 Å². The van der Waals surface area contributed by atoms with Crippen molar-refractivity contribution in [3.63, 3.8) is 0 Å². The van der Waals surface area contributed by atoms with Gasteiger partial charge in [-0.1, -0.05) is 18.7 Å². The quantitative estimate of drug-likeness (QED) is 0.344. The number of hydrogen-bond donors (Lipinski definition) is 1. The molecule has 4 rings (SSSR count). The average Bonchev–Trinajstić information content (AvgIpc) is 3.11. The number of carbonyl (C=O) groups is 4. The van der Waals surface area contributed by atoms with Crippen LogP contribution in [0.25, 0.3) is 5.57 Å². The molecule has 0 bridgehead atoms. The van der Waals surface area contributed by atoms with Gasteiger partial charge < -0.3 is 23.9 Å². The zero-order valence-corrected chi connectivity index (χ0v) is 21.1. The Morgan fingerprint density at radius 3 is 2.66 bits per heavy atom. The van der Waals surface area contributed by atoms with Crippen molar-refractivity contribution in [2.75, 3.05) is 18.1 Å². The number of nitrogens with zero attached hydrogens (tertiary/aromatic N) is 2. The van der Waals surface area contributed by atoms with Gasteiger partial charge in [0.2, 0.25) is 5.91 Å². The van der Waals surface area contributed by atoms with E-state index in [0.717, 1.165) is 4.90 Å². The summed E-state index contributed by atoms with van der Waals surface area (Å²) in [7, 11) is -1.91. The fraction of sp³-hybridized carbons (Fsp3) is 0.417. The fourth-order valence-corrected chi connectivity index (χ4v) is 6.14. The molecule has 186 valence electrons. The summed E-state index contributed by atoms with van der Waals surface area (Å²) in [5.41, 5.74) is 0.970. The van der Waals surface area contributed by atoms with Crippen molar-refractivity contribution in [2.45, 2.75) is 45.1 Å². The molecule has 1 fully saturated rings. The lowest BCUT2D eigenvalue weighted by atomic mass is 9.82. The topological polar surface area (TPSA) is 123 Å². The third-order valence-electron chi connectivity index (χ3n) is 6.11. The highest BCUT2D eigenvalue weighted by Gasteiger charge is 2.57. The summed E-state index contributed by atoms with van der Waals surface area (Å²) < 4.78 is 16.6. The summed E-state index contributed by atoms with van der Waals surface area (Å²) in [4.78, 5) is 52.4. The predicted octanol–water partition coefficient (Wildman–Crippen LogP) is 3.00. The highest BCUT2D eigenvalue weighted by Crippen LogP contribution is 2.48. The number of benzene rings is 1. The van der Waals surface area contributed by atoms with Crippen LogP contribution in [-0.2, 0) is 23.5 Å². The van der Waals surface area contributed by atoms with Gasteiger partial charge in [-0.25, -0.2) is 14.5 Å². The Balaban J connectivity index is 1.69. The van der Waals surface area contributed by atoms with E-state index >= 15 is 0 Å². The van der Waals surface area contributed by atoms with E-state index in [4.69, 9.17) is 13.9 Å². The van der Waals surface area contributed by atoms with Crippen LogP contribution in [0.4, 0.5) is 10.5 Å². The number of carboxylic acids is 1. The monoisotopic (exact) mass is 500 g/mol. The van der Waals surface area contributed by atoms with Crippen LogP contribution in [0.1, 0.15) is 18.9 Å². The summed E-state index contributed by atoms with van der Waals surface area (Å²) in [6, 6.07) is 4.42. The van der Waals surface area contributed by atoms with Gasteiger partial charge in [0, 0.05) is 0 Å². The molecule has 3 amide bonds. The summed E-state index contributed by atoms with van der Waals surface area (Å²) in [6.07, 6.45) is 0.473. The van der Waals surface area contributed by atoms with Crippen molar-refractivity contribution in [3.05, 3.63) is 42.1 Å². The number of ether oxygens (including phenoxy) is 2. The first-order valence-corrected chi connectivity index (χ1v) is 14.7. The Kier molecular flexibility index (Phi) is 6.32. The van der Waals surface area contributed by atoms with Crippen LogP contribution >= 0.6 is 0 Å². The van der Waals surface area contributed by atoms with Crippen molar-refractivity contribution in [1.29, 1.82) is 0 Å². The van der Waals surface area contributed by atoms with Crippen LogP contribution in [-0.4, -0.2) is 67.6 Å². The largest absolute Gasteiger partial charge is 0.482 e. The van der Waals surface area contributed by atoms with E-state index in [1.54, 1.807) is 12.1 Å². The maximum Gasteiger partial charge on any atom is 0.421 e. The molecule has 0 unspecified atom stereocenters. The standard InChI is InChI=1S/C24H28N2O8Si/c1-6-9-32-24(31)25-16-10-14(7-8-18(16)33-12-19(25)27)15-11-17-20(13(2)34-35(3,4)5)22(28)26(17)21(15)23(29)30/h6-8,10,13,17,20H,1,9,11-12H2,2-5H3,(H,29,30)/t13-,17-,20-/m1/s1. The van der Waals surface area contributed by atoms with Crippen LogP contribution in [0.15, 0.2) is 36.6 Å². The van der Waals surface area contributed by atoms with Gasteiger partial charge in [0.25, 0.3) is 5.91 Å². The van der Waals surface area contributed by atoms with E-state index in [0.29, 0.717) is 17.6 Å². The molecule has 0 radical (unpaired) electrons. The minimum atomic E-state index is -1.91. The van der Waals surface area contributed by atoms with Gasteiger partial charge in [-0.2, -0.15) is 0 Å². The number of amides is 3. The third kappa shape index (κ3) is 4.36. The second kappa shape index (κ2) is 8.97. The number of carboxylic acid groups (broad SMARTS) is 1. The lowest BCUT2D eigenvalue weighted by Gasteiger charge is -2.47. The zero-order chi connectivity index (χ0) is 25.7. The lowest BCUT2D eigenvalue weighted by molar-refractivity contribution is -0.160. The maximum absolute atomic E-state index is 13.0. The molecule has 1 saturated heterocycles. The molecule has 3 atom stereocenters. The number of carbonyl (C=O) groups excluding carboxylic acids is 3. The van der Waals surface area contributed by atoms with E-state index < -0.39 is 32.2 Å². The Morgan fingerprint density at radius 1 is 1.31 bits per heavy atom. The Labute approximate surface area is 203 Å². The van der Waals surface area contributed by atoms with E-state index in [-0.39, 0.29) is 48.4 Å². The number of β-lactam (4-membered cyclic amide) rings is 1. The molecule has 35 heavy (non-hydrogen) atoms. The maximum atomic E-state index is 13.0. The van der Waals surface area contributed by atoms with Crippen LogP contribution in [0.5, 0.6) is 5.75 Å². The minimum absolute atomic E-state index is 0.0787. The van der Waals surface area contributed by atoms with Crippen LogP contribution in [0, 0.1) is 5.92 Å². The molecule has 0 aliphatic carbocycles. The molecule has 0 spiro atoms. The van der Waals surface area contributed by atoms with Gasteiger partial charge in [-0.15, -0.1) is 0 Å². The van der Waals surface area contributed by atoms with Crippen LogP contribution < -0.4 is 9.64 Å². The molecule has 3 aliphatic rings. The summed E-state index contributed by atoms with van der Waals surface area (Å²) in [5, 5.41) is 9.97. The highest BCUT2D eigenvalue weighted by molar-refractivity contribution is 6.69. The number of imide groups is 1. The summed E-state index contributed by atoms with van der Waals surface area (Å²) in [6.45, 7) is 11.0. The normalized spacial score (nSPS) is 22.2. The van der Waals surface area contributed by atoms with Crippen molar-refractivity contribution in [2.24, 2.45) is 5.92 Å². The second-order valence-corrected chi connectivity index (χ2v) is 14.1. The summed E-state index contributed by atoms with van der Waals surface area (Å²) >= 11 is 0. The van der Waals surface area contributed by atoms with Gasteiger partial charge in [-0.3, -0.25) is 9.59 Å². The molecule has 11 heteroatoms. The van der Waals surface area contributed by atoms with E-state index in [1.807, 2.05) is 26.6 Å².